The van der Waals surface area contributed by atoms with Gasteiger partial charge >= 0.3 is 5.97 Å². The van der Waals surface area contributed by atoms with Crippen LogP contribution < -0.4 is 0 Å². The molecule has 3 heteroatoms. The van der Waals surface area contributed by atoms with Crippen LogP contribution in [0.3, 0.4) is 0 Å². The molecule has 0 saturated carbocycles. The van der Waals surface area contributed by atoms with E-state index >= 15 is 0 Å². The Morgan fingerprint density at radius 3 is 1.11 bits per heavy atom. The smallest absolute Gasteiger partial charge is 0.330 e. The third-order valence-corrected chi connectivity index (χ3v) is 9.05. The van der Waals surface area contributed by atoms with Crippen LogP contribution in [-0.4, -0.2) is 17.7 Å². The molecule has 0 aliphatic rings. The third-order valence-electron chi connectivity index (χ3n) is 9.05. The molecule has 0 aromatic heterocycles. The second-order valence-electron chi connectivity index (χ2n) is 13.3. The number of hydrogen-bond donors (Lipinski definition) is 1. The maximum absolute atomic E-state index is 11.8. The van der Waals surface area contributed by atoms with Gasteiger partial charge in [0.1, 0.15) is 5.75 Å². The molecule has 0 bridgehead atoms. The minimum Gasteiger partial charge on any atom is -0.508 e. The number of ether oxygens (including phenoxy) is 1. The third kappa shape index (κ3) is 29.0. The van der Waals surface area contributed by atoms with Crippen LogP contribution in [0.4, 0.5) is 0 Å². The number of phenolic OH excluding ortho intramolecular Hbond substituents is 1. The Bertz CT molecular complexity index is 754. The lowest BCUT2D eigenvalue weighted by molar-refractivity contribution is -0.137. The summed E-state index contributed by atoms with van der Waals surface area (Å²) in [6.45, 7) is 2.80. The first kappa shape index (κ1) is 40.3. The van der Waals surface area contributed by atoms with Gasteiger partial charge in [0.2, 0.25) is 0 Å². The minimum atomic E-state index is -0.298. The van der Waals surface area contributed by atoms with Gasteiger partial charge in [0.05, 0.1) is 6.61 Å². The van der Waals surface area contributed by atoms with Crippen LogP contribution in [0.15, 0.2) is 30.3 Å². The summed E-state index contributed by atoms with van der Waals surface area (Å²) >= 11 is 0. The zero-order valence-corrected chi connectivity index (χ0v) is 29.1. The Kier molecular flexibility index (Phi) is 29.8. The first-order valence-corrected chi connectivity index (χ1v) is 19.4. The van der Waals surface area contributed by atoms with E-state index in [-0.39, 0.29) is 11.7 Å². The van der Waals surface area contributed by atoms with E-state index in [1.165, 1.54) is 186 Å². The highest BCUT2D eigenvalue weighted by molar-refractivity contribution is 5.87. The van der Waals surface area contributed by atoms with Crippen LogP contribution in [0.25, 0.3) is 6.08 Å². The first-order chi connectivity index (χ1) is 21.7. The van der Waals surface area contributed by atoms with E-state index in [0.717, 1.165) is 18.4 Å². The summed E-state index contributed by atoms with van der Waals surface area (Å²) < 4.78 is 5.28. The SMILES string of the molecule is CCCCCCCCCCCCCCCCCCCCCCCCCCCCCCCCOC(=O)/C=C/c1ccc(O)cc1. The van der Waals surface area contributed by atoms with E-state index in [0.29, 0.717) is 6.61 Å². The van der Waals surface area contributed by atoms with Crippen LogP contribution in [0.1, 0.15) is 205 Å². The zero-order valence-electron chi connectivity index (χ0n) is 29.1. The fourth-order valence-corrected chi connectivity index (χ4v) is 6.10. The number of aromatic hydroxyl groups is 1. The van der Waals surface area contributed by atoms with Crippen LogP contribution in [-0.2, 0) is 9.53 Å². The molecule has 0 aliphatic carbocycles. The predicted molar refractivity (Wildman–Crippen MR) is 192 cm³/mol. The monoisotopic (exact) mass is 613 g/mol. The summed E-state index contributed by atoms with van der Waals surface area (Å²) in [6.07, 6.45) is 45.3. The first-order valence-electron chi connectivity index (χ1n) is 19.4. The zero-order chi connectivity index (χ0) is 31.6. The lowest BCUT2D eigenvalue weighted by atomic mass is 10.0. The van der Waals surface area contributed by atoms with Gasteiger partial charge in [0.25, 0.3) is 0 Å². The van der Waals surface area contributed by atoms with Gasteiger partial charge in [0, 0.05) is 6.08 Å². The lowest BCUT2D eigenvalue weighted by Gasteiger charge is -2.05. The van der Waals surface area contributed by atoms with Crippen molar-refractivity contribution in [1.29, 1.82) is 0 Å². The molecule has 3 nitrogen and oxygen atoms in total. The maximum atomic E-state index is 11.8. The molecule has 0 heterocycles. The molecular weight excluding hydrogens is 540 g/mol. The number of carbonyl (C=O) groups is 1. The molecule has 0 spiro atoms. The number of phenols is 1. The largest absolute Gasteiger partial charge is 0.508 e. The van der Waals surface area contributed by atoms with Crippen molar-refractivity contribution >= 4 is 12.0 Å². The number of unbranched alkanes of at least 4 members (excludes halogenated alkanes) is 29. The molecule has 1 aromatic rings. The van der Waals surface area contributed by atoms with E-state index in [2.05, 4.69) is 6.92 Å². The molecule has 0 fully saturated rings. The molecule has 1 N–H and O–H groups in total. The van der Waals surface area contributed by atoms with Gasteiger partial charge in [-0.25, -0.2) is 4.79 Å². The maximum Gasteiger partial charge on any atom is 0.330 e. The molecule has 0 amide bonds. The number of hydrogen-bond acceptors (Lipinski definition) is 3. The summed E-state index contributed by atoms with van der Waals surface area (Å²) in [7, 11) is 0. The van der Waals surface area contributed by atoms with Crippen molar-refractivity contribution in [3.8, 4) is 5.75 Å². The summed E-state index contributed by atoms with van der Waals surface area (Å²) in [5.41, 5.74) is 0.871. The highest BCUT2D eigenvalue weighted by Crippen LogP contribution is 2.17. The molecule has 1 aromatic carbocycles. The van der Waals surface area contributed by atoms with Gasteiger partial charge in [-0.1, -0.05) is 205 Å². The van der Waals surface area contributed by atoms with Crippen LogP contribution in [0, 0.1) is 0 Å². The predicted octanol–water partition coefficient (Wildman–Crippen LogP) is 13.7. The van der Waals surface area contributed by atoms with Crippen LogP contribution in [0.2, 0.25) is 0 Å². The lowest BCUT2D eigenvalue weighted by Crippen LogP contribution is -2.02. The Morgan fingerprint density at radius 2 is 0.795 bits per heavy atom. The van der Waals surface area contributed by atoms with Crippen LogP contribution in [0.5, 0.6) is 5.75 Å². The van der Waals surface area contributed by atoms with Gasteiger partial charge in [-0.3, -0.25) is 0 Å². The number of benzene rings is 1. The van der Waals surface area contributed by atoms with Crippen molar-refractivity contribution in [3.63, 3.8) is 0 Å². The molecule has 0 atom stereocenters. The van der Waals surface area contributed by atoms with Crippen molar-refractivity contribution in [3.05, 3.63) is 35.9 Å². The molecule has 1 rings (SSSR count). The second-order valence-corrected chi connectivity index (χ2v) is 13.3. The topological polar surface area (TPSA) is 46.5 Å². The van der Waals surface area contributed by atoms with Crippen molar-refractivity contribution in [1.82, 2.24) is 0 Å². The molecule has 0 unspecified atom stereocenters. The van der Waals surface area contributed by atoms with E-state index < -0.39 is 0 Å². The number of carbonyl (C=O) groups excluding carboxylic acids is 1. The van der Waals surface area contributed by atoms with Gasteiger partial charge in [-0.2, -0.15) is 0 Å². The number of esters is 1. The fourth-order valence-electron chi connectivity index (χ4n) is 6.10. The quantitative estimate of drug-likeness (QED) is 0.0488. The van der Waals surface area contributed by atoms with E-state index in [1.807, 2.05) is 0 Å². The average molecular weight is 613 g/mol. The van der Waals surface area contributed by atoms with Gasteiger partial charge < -0.3 is 9.84 Å². The second kappa shape index (κ2) is 32.6. The Morgan fingerprint density at radius 1 is 0.500 bits per heavy atom. The van der Waals surface area contributed by atoms with Crippen molar-refractivity contribution in [2.24, 2.45) is 0 Å². The fraction of sp³-hybridized carbons (Fsp3) is 0.780. The van der Waals surface area contributed by atoms with E-state index in [1.54, 1.807) is 30.3 Å². The molecule has 254 valence electrons. The minimum absolute atomic E-state index is 0.223. The molecule has 0 saturated heterocycles. The summed E-state index contributed by atoms with van der Waals surface area (Å²) in [6, 6.07) is 6.75. The molecular formula is C41H72O3. The normalized spacial score (nSPS) is 11.5. The van der Waals surface area contributed by atoms with Crippen molar-refractivity contribution < 1.29 is 14.6 Å². The standard InChI is InChI=1S/C41H72O3/c1-2-3-4-5-6-7-8-9-10-11-12-13-14-15-16-17-18-19-20-21-22-23-24-25-26-27-28-29-30-31-38-44-41(43)37-34-39-32-35-40(42)36-33-39/h32-37,42H,2-31,38H2,1H3/b37-34+. The van der Waals surface area contributed by atoms with Crippen molar-refractivity contribution in [2.45, 2.75) is 200 Å². The summed E-state index contributed by atoms with van der Waals surface area (Å²) in [5, 5.41) is 9.29. The molecule has 0 radical (unpaired) electrons. The summed E-state index contributed by atoms with van der Waals surface area (Å²) in [4.78, 5) is 11.8. The Labute approximate surface area is 274 Å². The van der Waals surface area contributed by atoms with Crippen molar-refractivity contribution in [2.75, 3.05) is 6.61 Å². The number of rotatable bonds is 33. The Balaban J connectivity index is 1.68. The molecule has 44 heavy (non-hydrogen) atoms. The van der Waals surface area contributed by atoms with Gasteiger partial charge in [-0.15, -0.1) is 0 Å². The van der Waals surface area contributed by atoms with E-state index in [9.17, 15) is 9.90 Å². The average Bonchev–Trinajstić information content (AvgIpc) is 3.03. The Hall–Kier alpha value is -1.77. The van der Waals surface area contributed by atoms with Gasteiger partial charge in [-0.05, 0) is 30.2 Å². The highest BCUT2D eigenvalue weighted by Gasteiger charge is 1.99. The van der Waals surface area contributed by atoms with Gasteiger partial charge in [0.15, 0.2) is 0 Å². The summed E-state index contributed by atoms with van der Waals surface area (Å²) in [5.74, 6) is -0.0745. The molecule has 0 aliphatic heterocycles. The van der Waals surface area contributed by atoms with E-state index in [4.69, 9.17) is 4.74 Å². The highest BCUT2D eigenvalue weighted by atomic mass is 16.5. The van der Waals surface area contributed by atoms with Crippen LogP contribution >= 0.6 is 0 Å².